The molecule has 2 aliphatic heterocycles. The quantitative estimate of drug-likeness (QED) is 0.556. The van der Waals surface area contributed by atoms with Crippen molar-refractivity contribution in [2.75, 3.05) is 44.3 Å². The van der Waals surface area contributed by atoms with Crippen molar-refractivity contribution < 1.29 is 9.53 Å². The van der Waals surface area contributed by atoms with Gasteiger partial charge < -0.3 is 20.0 Å². The number of ether oxygens (including phenoxy) is 1. The standard InChI is InChI=1S/C29H32N4O2/c1-29(2)23-13-25(33-9-7-32(8-10-33)19-15-35-16-19)21(18-4-5-18)12-22(23)27(34)26-20-6-3-17(14-30)11-24(20)31-28(26)29/h3,6,11-14,18-19,30-31H,4-5,7-10,15-16H2,1-2H3. The van der Waals surface area contributed by atoms with Gasteiger partial charge in [-0.3, -0.25) is 9.69 Å². The summed E-state index contributed by atoms with van der Waals surface area (Å²) in [6.45, 7) is 10.4. The molecule has 6 heteroatoms. The van der Waals surface area contributed by atoms with E-state index in [4.69, 9.17) is 10.1 Å². The molecule has 0 spiro atoms. The zero-order valence-corrected chi connectivity index (χ0v) is 20.5. The topological polar surface area (TPSA) is 72.4 Å². The van der Waals surface area contributed by atoms with Crippen LogP contribution in [0.15, 0.2) is 30.3 Å². The molecular formula is C29H32N4O2. The molecule has 1 aromatic heterocycles. The molecule has 6 nitrogen and oxygen atoms in total. The molecule has 180 valence electrons. The van der Waals surface area contributed by atoms with Gasteiger partial charge >= 0.3 is 0 Å². The zero-order valence-electron chi connectivity index (χ0n) is 20.5. The molecule has 0 unspecified atom stereocenters. The molecule has 2 N–H and O–H groups in total. The Balaban J connectivity index is 1.32. The molecule has 1 saturated carbocycles. The van der Waals surface area contributed by atoms with E-state index in [0.29, 0.717) is 12.0 Å². The highest BCUT2D eigenvalue weighted by atomic mass is 16.5. The van der Waals surface area contributed by atoms with Gasteiger partial charge in [0.25, 0.3) is 0 Å². The number of carbonyl (C=O) groups is 1. The molecule has 2 aliphatic carbocycles. The van der Waals surface area contributed by atoms with Crippen LogP contribution in [-0.2, 0) is 10.2 Å². The molecule has 3 heterocycles. The van der Waals surface area contributed by atoms with Gasteiger partial charge in [-0.2, -0.15) is 0 Å². The van der Waals surface area contributed by atoms with Crippen LogP contribution in [0, 0.1) is 5.41 Å². The van der Waals surface area contributed by atoms with E-state index in [9.17, 15) is 4.79 Å². The first-order valence-electron chi connectivity index (χ1n) is 12.9. The van der Waals surface area contributed by atoms with Crippen LogP contribution in [0.4, 0.5) is 5.69 Å². The number of piperazine rings is 1. The number of hydrogen-bond acceptors (Lipinski definition) is 5. The fraction of sp³-hybridized carbons (Fsp3) is 0.448. The minimum atomic E-state index is -0.315. The van der Waals surface area contributed by atoms with E-state index in [2.05, 4.69) is 40.8 Å². The average Bonchev–Trinajstić information content (AvgIpc) is 3.60. The van der Waals surface area contributed by atoms with E-state index in [0.717, 1.165) is 78.2 Å². The Kier molecular flexibility index (Phi) is 4.58. The van der Waals surface area contributed by atoms with Gasteiger partial charge in [0.15, 0.2) is 5.78 Å². The predicted molar refractivity (Wildman–Crippen MR) is 139 cm³/mol. The summed E-state index contributed by atoms with van der Waals surface area (Å²) in [5.41, 5.74) is 7.95. The van der Waals surface area contributed by atoms with Crippen molar-refractivity contribution in [3.63, 3.8) is 0 Å². The van der Waals surface area contributed by atoms with Crippen LogP contribution in [0.3, 0.4) is 0 Å². The van der Waals surface area contributed by atoms with Crippen molar-refractivity contribution in [2.45, 2.75) is 44.1 Å². The van der Waals surface area contributed by atoms with Gasteiger partial charge in [-0.1, -0.05) is 26.0 Å². The largest absolute Gasteiger partial charge is 0.378 e. The van der Waals surface area contributed by atoms with Crippen LogP contribution in [0.5, 0.6) is 0 Å². The summed E-state index contributed by atoms with van der Waals surface area (Å²) >= 11 is 0. The third kappa shape index (κ3) is 3.16. The van der Waals surface area contributed by atoms with Crippen molar-refractivity contribution in [2.24, 2.45) is 0 Å². The summed E-state index contributed by atoms with van der Waals surface area (Å²) in [4.78, 5) is 22.7. The van der Waals surface area contributed by atoms with E-state index in [1.54, 1.807) is 0 Å². The number of aromatic amines is 1. The lowest BCUT2D eigenvalue weighted by atomic mass is 9.70. The van der Waals surface area contributed by atoms with Gasteiger partial charge in [0.2, 0.25) is 0 Å². The molecular weight excluding hydrogens is 436 g/mol. The molecule has 4 aliphatic rings. The minimum absolute atomic E-state index is 0.131. The number of carbonyl (C=O) groups excluding carboxylic acids is 1. The van der Waals surface area contributed by atoms with E-state index >= 15 is 0 Å². The Morgan fingerprint density at radius 2 is 1.86 bits per heavy atom. The van der Waals surface area contributed by atoms with Crippen molar-refractivity contribution in [1.29, 1.82) is 5.41 Å². The highest BCUT2D eigenvalue weighted by Crippen LogP contribution is 2.50. The molecule has 0 amide bonds. The second kappa shape index (κ2) is 7.52. The van der Waals surface area contributed by atoms with Crippen molar-refractivity contribution in [3.8, 4) is 0 Å². The first-order valence-corrected chi connectivity index (χ1v) is 12.9. The van der Waals surface area contributed by atoms with Gasteiger partial charge in [-0.05, 0) is 53.6 Å². The maximum absolute atomic E-state index is 14.0. The van der Waals surface area contributed by atoms with Crippen LogP contribution in [0.25, 0.3) is 10.9 Å². The maximum Gasteiger partial charge on any atom is 0.195 e. The minimum Gasteiger partial charge on any atom is -0.378 e. The van der Waals surface area contributed by atoms with Crippen LogP contribution in [0.1, 0.15) is 70.9 Å². The number of fused-ring (bicyclic) bond motifs is 4. The monoisotopic (exact) mass is 468 g/mol. The summed E-state index contributed by atoms with van der Waals surface area (Å²) in [6, 6.07) is 11.1. The summed E-state index contributed by atoms with van der Waals surface area (Å²) in [5.74, 6) is 0.704. The van der Waals surface area contributed by atoms with Crippen LogP contribution in [0.2, 0.25) is 0 Å². The Bertz CT molecular complexity index is 1370. The van der Waals surface area contributed by atoms with Gasteiger partial charge in [0, 0.05) is 65.7 Å². The number of rotatable bonds is 4. The first-order chi connectivity index (χ1) is 17.0. The highest BCUT2D eigenvalue weighted by Gasteiger charge is 2.42. The fourth-order valence-electron chi connectivity index (χ4n) is 6.35. The van der Waals surface area contributed by atoms with Crippen LogP contribution in [-0.4, -0.2) is 67.3 Å². The van der Waals surface area contributed by atoms with Crippen molar-refractivity contribution in [1.82, 2.24) is 9.88 Å². The lowest BCUT2D eigenvalue weighted by Gasteiger charge is -2.44. The van der Waals surface area contributed by atoms with E-state index in [1.807, 2.05) is 18.2 Å². The number of benzene rings is 2. The Labute approximate surface area is 205 Å². The highest BCUT2D eigenvalue weighted by molar-refractivity contribution is 6.20. The number of nitrogens with zero attached hydrogens (tertiary/aromatic N) is 2. The number of nitrogens with one attached hydrogen (secondary N) is 2. The Morgan fingerprint density at radius 1 is 1.09 bits per heavy atom. The number of anilines is 1. The molecule has 2 saturated heterocycles. The fourth-order valence-corrected chi connectivity index (χ4v) is 6.35. The Morgan fingerprint density at radius 3 is 2.51 bits per heavy atom. The molecule has 0 atom stereocenters. The number of H-pyrrole nitrogens is 1. The third-order valence-electron chi connectivity index (χ3n) is 8.74. The second-order valence-corrected chi connectivity index (χ2v) is 11.2. The summed E-state index contributed by atoms with van der Waals surface area (Å²) in [5, 5.41) is 8.59. The molecule has 35 heavy (non-hydrogen) atoms. The maximum atomic E-state index is 14.0. The average molecular weight is 469 g/mol. The van der Waals surface area contributed by atoms with Crippen LogP contribution >= 0.6 is 0 Å². The lowest BCUT2D eigenvalue weighted by Crippen LogP contribution is -2.56. The van der Waals surface area contributed by atoms with Gasteiger partial charge in [-0.25, -0.2) is 0 Å². The van der Waals surface area contributed by atoms with E-state index in [-0.39, 0.29) is 11.2 Å². The molecule has 3 fully saturated rings. The SMILES string of the molecule is CC1(C)c2cc(N3CCN(C4COC4)CC3)c(C3CC3)cc2C(=O)c2c1[nH]c1cc(C=N)ccc21. The number of hydrogen-bond donors (Lipinski definition) is 2. The summed E-state index contributed by atoms with van der Waals surface area (Å²) < 4.78 is 5.42. The summed E-state index contributed by atoms with van der Waals surface area (Å²) in [7, 11) is 0. The molecule has 0 bridgehead atoms. The summed E-state index contributed by atoms with van der Waals surface area (Å²) in [6.07, 6.45) is 3.79. The Hall–Kier alpha value is -2.96. The predicted octanol–water partition coefficient (Wildman–Crippen LogP) is 4.43. The van der Waals surface area contributed by atoms with Crippen LogP contribution < -0.4 is 4.90 Å². The van der Waals surface area contributed by atoms with Gasteiger partial charge in [-0.15, -0.1) is 0 Å². The van der Waals surface area contributed by atoms with E-state index in [1.165, 1.54) is 30.3 Å². The van der Waals surface area contributed by atoms with Crippen molar-refractivity contribution in [3.05, 3.63) is 63.8 Å². The molecule has 7 rings (SSSR count). The third-order valence-corrected chi connectivity index (χ3v) is 8.74. The number of aromatic nitrogens is 1. The van der Waals surface area contributed by atoms with E-state index < -0.39 is 0 Å². The molecule has 2 aromatic carbocycles. The van der Waals surface area contributed by atoms with Crippen molar-refractivity contribution >= 4 is 28.6 Å². The smallest absolute Gasteiger partial charge is 0.195 e. The zero-order chi connectivity index (χ0) is 23.9. The first kappa shape index (κ1) is 21.3. The molecule has 3 aromatic rings. The number of ketones is 1. The normalized spacial score (nSPS) is 22.1. The molecule has 0 radical (unpaired) electrons. The van der Waals surface area contributed by atoms with Gasteiger partial charge in [0.05, 0.1) is 24.8 Å². The second-order valence-electron chi connectivity index (χ2n) is 11.2. The lowest BCUT2D eigenvalue weighted by molar-refractivity contribution is -0.0660. The van der Waals surface area contributed by atoms with Gasteiger partial charge in [0.1, 0.15) is 0 Å².